The molecule has 0 saturated heterocycles. The van der Waals surface area contributed by atoms with Crippen LogP contribution >= 0.6 is 0 Å². The van der Waals surface area contributed by atoms with Crippen molar-refractivity contribution in [3.8, 4) is 5.69 Å². The van der Waals surface area contributed by atoms with Gasteiger partial charge in [-0.1, -0.05) is 42.0 Å². The molecule has 35 heavy (non-hydrogen) atoms. The molecule has 0 saturated carbocycles. The third-order valence-electron chi connectivity index (χ3n) is 6.22. The molecule has 0 atom stereocenters. The van der Waals surface area contributed by atoms with Crippen molar-refractivity contribution in [1.82, 2.24) is 9.78 Å². The van der Waals surface area contributed by atoms with Crippen LogP contribution < -0.4 is 10.0 Å². The molecule has 0 aliphatic heterocycles. The van der Waals surface area contributed by atoms with Gasteiger partial charge in [0.05, 0.1) is 16.3 Å². The number of hydrogen-bond acceptors (Lipinski definition) is 4. The van der Waals surface area contributed by atoms with Gasteiger partial charge in [-0.05, 0) is 75.1 Å². The number of rotatable bonds is 6. The van der Waals surface area contributed by atoms with E-state index in [-0.39, 0.29) is 10.8 Å². The predicted molar refractivity (Wildman–Crippen MR) is 137 cm³/mol. The molecule has 0 bridgehead atoms. The van der Waals surface area contributed by atoms with E-state index in [1.165, 1.54) is 12.1 Å². The largest absolute Gasteiger partial charge is 0.321 e. The van der Waals surface area contributed by atoms with Gasteiger partial charge in [-0.15, -0.1) is 0 Å². The van der Waals surface area contributed by atoms with Gasteiger partial charge in [0.1, 0.15) is 0 Å². The lowest BCUT2D eigenvalue weighted by Gasteiger charge is -2.13. The smallest absolute Gasteiger partial charge is 0.276 e. The highest BCUT2D eigenvalue weighted by Crippen LogP contribution is 2.29. The number of carbonyl (C=O) groups excluding carboxylic acids is 1. The normalized spacial score (nSPS) is 12.9. The summed E-state index contributed by atoms with van der Waals surface area (Å²) in [6.07, 6.45) is 2.66. The van der Waals surface area contributed by atoms with E-state index < -0.39 is 10.0 Å². The molecule has 0 radical (unpaired) electrons. The first-order valence-electron chi connectivity index (χ1n) is 11.5. The predicted octanol–water partition coefficient (Wildman–Crippen LogP) is 5.03. The number of sulfonamides is 1. The molecule has 178 valence electrons. The molecule has 5 rings (SSSR count). The summed E-state index contributed by atoms with van der Waals surface area (Å²) in [5.41, 5.74) is 6.18. The summed E-state index contributed by atoms with van der Waals surface area (Å²) in [6, 6.07) is 21.4. The number of nitrogens with zero attached hydrogens (tertiary/aromatic N) is 2. The zero-order chi connectivity index (χ0) is 24.6. The van der Waals surface area contributed by atoms with Crippen LogP contribution in [0.2, 0.25) is 0 Å². The Morgan fingerprint density at radius 1 is 0.943 bits per heavy atom. The van der Waals surface area contributed by atoms with Crippen LogP contribution in [0.25, 0.3) is 5.69 Å². The molecule has 1 amide bonds. The zero-order valence-electron chi connectivity index (χ0n) is 19.6. The summed E-state index contributed by atoms with van der Waals surface area (Å²) in [5, 5.41) is 7.57. The minimum atomic E-state index is -3.75. The Hall–Kier alpha value is -3.91. The molecule has 0 fully saturated rings. The monoisotopic (exact) mass is 486 g/mol. The standard InChI is InChI=1S/C27H26N4O3S/c1-18-11-15-21(16-12-18)31-25-10-6-9-23(25)26(29-31)27(32)28-20-14-13-19(2)24(17-20)30-35(33,34)22-7-4-3-5-8-22/h3-5,7-8,11-17,30H,6,9-10H2,1-2H3,(H,28,32). The molecule has 1 aliphatic rings. The fourth-order valence-electron chi connectivity index (χ4n) is 4.32. The van der Waals surface area contributed by atoms with Crippen LogP contribution in [0.15, 0.2) is 77.7 Å². The molecule has 7 nitrogen and oxygen atoms in total. The Balaban J connectivity index is 1.41. The van der Waals surface area contributed by atoms with E-state index in [0.29, 0.717) is 17.1 Å². The third-order valence-corrected chi connectivity index (χ3v) is 7.60. The van der Waals surface area contributed by atoms with Crippen LogP contribution in [-0.4, -0.2) is 24.1 Å². The van der Waals surface area contributed by atoms with Crippen molar-refractivity contribution < 1.29 is 13.2 Å². The van der Waals surface area contributed by atoms with E-state index in [9.17, 15) is 13.2 Å². The highest BCUT2D eigenvalue weighted by molar-refractivity contribution is 7.92. The molecule has 4 aromatic rings. The number of hydrogen-bond donors (Lipinski definition) is 2. The Kier molecular flexibility index (Phi) is 5.90. The first-order valence-corrected chi connectivity index (χ1v) is 13.0. The molecule has 0 spiro atoms. The van der Waals surface area contributed by atoms with Gasteiger partial charge in [0.25, 0.3) is 15.9 Å². The topological polar surface area (TPSA) is 93.1 Å². The van der Waals surface area contributed by atoms with Crippen molar-refractivity contribution >= 4 is 27.3 Å². The number of aryl methyl sites for hydroxylation is 2. The lowest BCUT2D eigenvalue weighted by Crippen LogP contribution is -2.16. The number of nitrogens with one attached hydrogen (secondary N) is 2. The minimum Gasteiger partial charge on any atom is -0.321 e. The summed E-state index contributed by atoms with van der Waals surface area (Å²) in [5.74, 6) is -0.310. The third kappa shape index (κ3) is 4.57. The number of amides is 1. The molecule has 3 aromatic carbocycles. The average molecular weight is 487 g/mol. The SMILES string of the molecule is Cc1ccc(-n2nc(C(=O)Nc3ccc(C)c(NS(=O)(=O)c4ccccc4)c3)c3c2CCC3)cc1. The van der Waals surface area contributed by atoms with Gasteiger partial charge in [0.15, 0.2) is 5.69 Å². The van der Waals surface area contributed by atoms with Gasteiger partial charge in [-0.2, -0.15) is 5.10 Å². The van der Waals surface area contributed by atoms with Crippen molar-refractivity contribution in [2.24, 2.45) is 0 Å². The van der Waals surface area contributed by atoms with E-state index in [4.69, 9.17) is 0 Å². The second-order valence-corrected chi connectivity index (χ2v) is 10.5. The molecule has 2 N–H and O–H groups in total. The second kappa shape index (κ2) is 9.03. The average Bonchev–Trinajstić information content (AvgIpc) is 3.45. The number of benzene rings is 3. The molecule has 1 heterocycles. The molecule has 0 unspecified atom stereocenters. The van der Waals surface area contributed by atoms with Crippen LogP contribution in [0, 0.1) is 13.8 Å². The van der Waals surface area contributed by atoms with Gasteiger partial charge in [0.2, 0.25) is 0 Å². The van der Waals surface area contributed by atoms with Crippen molar-refractivity contribution in [2.45, 2.75) is 38.0 Å². The van der Waals surface area contributed by atoms with E-state index in [1.54, 1.807) is 36.4 Å². The van der Waals surface area contributed by atoms with Gasteiger partial charge in [-0.25, -0.2) is 13.1 Å². The van der Waals surface area contributed by atoms with Crippen molar-refractivity contribution in [3.05, 3.63) is 101 Å². The lowest BCUT2D eigenvalue weighted by molar-refractivity contribution is 0.102. The number of anilines is 2. The quantitative estimate of drug-likeness (QED) is 0.400. The van der Waals surface area contributed by atoms with Gasteiger partial charge < -0.3 is 5.32 Å². The van der Waals surface area contributed by atoms with Crippen molar-refractivity contribution in [2.75, 3.05) is 10.0 Å². The van der Waals surface area contributed by atoms with E-state index in [1.807, 2.05) is 42.8 Å². The number of fused-ring (bicyclic) bond motifs is 1. The first kappa shape index (κ1) is 22.9. The van der Waals surface area contributed by atoms with Crippen LogP contribution in [0.4, 0.5) is 11.4 Å². The van der Waals surface area contributed by atoms with E-state index in [2.05, 4.69) is 15.1 Å². The van der Waals surface area contributed by atoms with E-state index in [0.717, 1.165) is 47.3 Å². The van der Waals surface area contributed by atoms with Crippen LogP contribution in [-0.2, 0) is 22.9 Å². The second-order valence-electron chi connectivity index (χ2n) is 8.78. The van der Waals surface area contributed by atoms with Gasteiger partial charge in [0, 0.05) is 16.9 Å². The van der Waals surface area contributed by atoms with Crippen LogP contribution in [0.5, 0.6) is 0 Å². The van der Waals surface area contributed by atoms with Crippen LogP contribution in [0.1, 0.15) is 39.3 Å². The minimum absolute atomic E-state index is 0.172. The maximum absolute atomic E-state index is 13.2. The lowest BCUT2D eigenvalue weighted by atomic mass is 10.1. The number of carbonyl (C=O) groups is 1. The summed E-state index contributed by atoms with van der Waals surface area (Å²) < 4.78 is 30.1. The molecule has 1 aliphatic carbocycles. The molecular formula is C27H26N4O3S. The van der Waals surface area contributed by atoms with Gasteiger partial charge in [-0.3, -0.25) is 9.52 Å². The van der Waals surface area contributed by atoms with Crippen LogP contribution in [0.3, 0.4) is 0 Å². The number of aromatic nitrogens is 2. The summed E-state index contributed by atoms with van der Waals surface area (Å²) >= 11 is 0. The fraction of sp³-hybridized carbons (Fsp3) is 0.185. The Labute approximate surface area is 204 Å². The summed E-state index contributed by atoms with van der Waals surface area (Å²) in [4.78, 5) is 13.4. The molecule has 8 heteroatoms. The molecule has 1 aromatic heterocycles. The Morgan fingerprint density at radius 3 is 2.43 bits per heavy atom. The van der Waals surface area contributed by atoms with Gasteiger partial charge >= 0.3 is 0 Å². The fourth-order valence-corrected chi connectivity index (χ4v) is 5.47. The van der Waals surface area contributed by atoms with E-state index >= 15 is 0 Å². The maximum atomic E-state index is 13.2. The zero-order valence-corrected chi connectivity index (χ0v) is 20.4. The Morgan fingerprint density at radius 2 is 1.69 bits per heavy atom. The van der Waals surface area contributed by atoms with Crippen molar-refractivity contribution in [1.29, 1.82) is 0 Å². The highest BCUT2D eigenvalue weighted by Gasteiger charge is 2.27. The highest BCUT2D eigenvalue weighted by atomic mass is 32.2. The summed E-state index contributed by atoms with van der Waals surface area (Å²) in [6.45, 7) is 3.84. The molecular weight excluding hydrogens is 460 g/mol. The van der Waals surface area contributed by atoms with Crippen molar-refractivity contribution in [3.63, 3.8) is 0 Å². The first-order chi connectivity index (χ1) is 16.8. The summed E-state index contributed by atoms with van der Waals surface area (Å²) in [7, 11) is -3.75. The maximum Gasteiger partial charge on any atom is 0.276 e. The Bertz CT molecular complexity index is 1510.